The molecular weight excluding hydrogens is 543 g/mol. The summed E-state index contributed by atoms with van der Waals surface area (Å²) in [5, 5.41) is 0. The van der Waals surface area contributed by atoms with E-state index in [4.69, 9.17) is 0 Å². The molecule has 0 aliphatic heterocycles. The molecule has 0 fully saturated rings. The van der Waals surface area contributed by atoms with Crippen molar-refractivity contribution in [2.45, 2.75) is 6.92 Å². The van der Waals surface area contributed by atoms with E-state index in [9.17, 15) is 0 Å². The Morgan fingerprint density at radius 3 is 1.81 bits per heavy atom. The van der Waals surface area contributed by atoms with Gasteiger partial charge in [-0.1, -0.05) is 0 Å². The van der Waals surface area contributed by atoms with Crippen LogP contribution >= 0.6 is 0 Å². The number of allylic oxidation sites excluding steroid dienone is 5. The standard InChI is InChI=1S/C10H7.2C6H5.2C4H5.2Zr/c1-8-6-9-4-2-3-5-10(9)7-8;2*1-2-4-6-5-3-1;2*1-3-4-2;;/h2-4,7H,1H3;2*1-5H;2*1,3-4H,2H2;;. The fraction of sp³-hybridized carbons (Fsp3) is 0.0333. The molecular formula is C30H27Zr2. The number of hydrogen-bond acceptors (Lipinski definition) is 0. The van der Waals surface area contributed by atoms with Crippen molar-refractivity contribution in [1.82, 2.24) is 0 Å². The van der Waals surface area contributed by atoms with Crippen LogP contribution in [0.1, 0.15) is 18.1 Å². The molecule has 1 aliphatic carbocycles. The van der Waals surface area contributed by atoms with Crippen molar-refractivity contribution in [2.24, 2.45) is 0 Å². The molecule has 0 bridgehead atoms. The summed E-state index contributed by atoms with van der Waals surface area (Å²) in [7, 11) is 0. The molecule has 1 radical (unpaired) electrons. The molecule has 3 aromatic carbocycles. The van der Waals surface area contributed by atoms with Gasteiger partial charge < -0.3 is 0 Å². The van der Waals surface area contributed by atoms with Gasteiger partial charge in [-0.15, -0.1) is 0 Å². The molecule has 0 amide bonds. The Labute approximate surface area is 208 Å². The molecule has 0 heterocycles. The maximum absolute atomic E-state index is 3.93. The summed E-state index contributed by atoms with van der Waals surface area (Å²) in [6.07, 6.45) is 10.6. The Hall–Kier alpha value is -1.87. The van der Waals surface area contributed by atoms with E-state index in [1.54, 1.807) is 6.90 Å². The zero-order valence-electron chi connectivity index (χ0n) is 18.5. The summed E-state index contributed by atoms with van der Waals surface area (Å²) in [5.41, 5.74) is 4.34. The van der Waals surface area contributed by atoms with E-state index in [1.807, 2.05) is 12.2 Å². The predicted molar refractivity (Wildman–Crippen MR) is 133 cm³/mol. The van der Waals surface area contributed by atoms with Crippen LogP contribution in [0.25, 0.3) is 6.08 Å². The average molecular weight is 570 g/mol. The van der Waals surface area contributed by atoms with Gasteiger partial charge in [0.15, 0.2) is 0 Å². The van der Waals surface area contributed by atoms with Crippen molar-refractivity contribution in [3.05, 3.63) is 144 Å². The molecule has 4 rings (SSSR count). The van der Waals surface area contributed by atoms with E-state index in [0.29, 0.717) is 0 Å². The van der Waals surface area contributed by atoms with E-state index < -0.39 is 43.5 Å². The molecule has 0 unspecified atom stereocenters. The molecule has 2 heteroatoms. The van der Waals surface area contributed by atoms with Crippen LogP contribution in [0.5, 0.6) is 0 Å². The van der Waals surface area contributed by atoms with Crippen molar-refractivity contribution in [1.29, 1.82) is 0 Å². The van der Waals surface area contributed by atoms with Crippen LogP contribution in [0.4, 0.5) is 0 Å². The molecule has 0 saturated carbocycles. The van der Waals surface area contributed by atoms with E-state index >= 15 is 0 Å². The monoisotopic (exact) mass is 567 g/mol. The van der Waals surface area contributed by atoms with Crippen LogP contribution in [0.15, 0.2) is 129 Å². The number of rotatable bonds is 8. The Bertz CT molecular complexity index is 1170. The zero-order valence-corrected chi connectivity index (χ0v) is 23.4. The van der Waals surface area contributed by atoms with Gasteiger partial charge in [0, 0.05) is 0 Å². The van der Waals surface area contributed by atoms with E-state index in [1.165, 1.54) is 23.2 Å². The van der Waals surface area contributed by atoms with Crippen LogP contribution in [-0.2, 0) is 43.5 Å². The van der Waals surface area contributed by atoms with Crippen LogP contribution in [-0.4, -0.2) is 0 Å². The molecule has 0 spiro atoms. The van der Waals surface area contributed by atoms with Gasteiger partial charge >= 0.3 is 211 Å². The first kappa shape index (κ1) is 23.3. The predicted octanol–water partition coefficient (Wildman–Crippen LogP) is 5.90. The first-order chi connectivity index (χ1) is 15.7. The van der Waals surface area contributed by atoms with Crippen molar-refractivity contribution in [3.63, 3.8) is 0 Å². The van der Waals surface area contributed by atoms with Crippen LogP contribution in [0.3, 0.4) is 0 Å². The summed E-state index contributed by atoms with van der Waals surface area (Å²) in [5.74, 6) is 0. The molecule has 155 valence electrons. The maximum atomic E-state index is 3.93. The van der Waals surface area contributed by atoms with Gasteiger partial charge in [-0.25, -0.2) is 0 Å². The third kappa shape index (κ3) is 5.03. The summed E-state index contributed by atoms with van der Waals surface area (Å²) in [4.78, 5) is 0. The third-order valence-electron chi connectivity index (χ3n) is 5.66. The summed E-state index contributed by atoms with van der Waals surface area (Å²) in [6.45, 7) is 10.2. The second-order valence-corrected chi connectivity index (χ2v) is 18.8. The minimum atomic E-state index is -2.24. The summed E-state index contributed by atoms with van der Waals surface area (Å²) in [6, 6.07) is 29.1. The summed E-state index contributed by atoms with van der Waals surface area (Å²) >= 11 is -4.47. The third-order valence-corrected chi connectivity index (χ3v) is 18.4. The van der Waals surface area contributed by atoms with Crippen molar-refractivity contribution < 1.29 is 43.5 Å². The van der Waals surface area contributed by atoms with E-state index in [2.05, 4.69) is 125 Å². The van der Waals surface area contributed by atoms with Gasteiger partial charge in [-0.3, -0.25) is 0 Å². The second kappa shape index (κ2) is 11.3. The SMILES string of the molecule is C=CC=[CH][Zr]([C]1C(C)=Cc2c1ccc[c]2[Zr]([CH]=CC=C)[c]1ccccc1)[c]1ccccc1. The van der Waals surface area contributed by atoms with Crippen molar-refractivity contribution in [3.8, 4) is 0 Å². The van der Waals surface area contributed by atoms with Crippen LogP contribution in [0.2, 0.25) is 0 Å². The van der Waals surface area contributed by atoms with Crippen molar-refractivity contribution >= 4 is 15.9 Å². The Kier molecular flexibility index (Phi) is 8.24. The fourth-order valence-corrected chi connectivity index (χ4v) is 16.2. The van der Waals surface area contributed by atoms with Gasteiger partial charge in [0.2, 0.25) is 0 Å². The van der Waals surface area contributed by atoms with Crippen LogP contribution in [0, 0.1) is 3.63 Å². The minimum absolute atomic E-state index is 1.43. The number of benzene rings is 3. The molecule has 1 aliphatic rings. The van der Waals surface area contributed by atoms with Crippen LogP contribution < -0.4 is 9.81 Å². The van der Waals surface area contributed by atoms with Gasteiger partial charge in [-0.05, 0) is 0 Å². The molecule has 0 atom stereocenters. The molecule has 0 aromatic heterocycles. The van der Waals surface area contributed by atoms with Gasteiger partial charge in [0.05, 0.1) is 0 Å². The molecule has 0 saturated heterocycles. The zero-order chi connectivity index (χ0) is 22.3. The van der Waals surface area contributed by atoms with E-state index in [0.717, 1.165) is 0 Å². The Balaban J connectivity index is 1.84. The first-order valence-electron chi connectivity index (χ1n) is 10.9. The van der Waals surface area contributed by atoms with Gasteiger partial charge in [-0.2, -0.15) is 0 Å². The topological polar surface area (TPSA) is 0 Å². The number of hydrogen-bond donors (Lipinski definition) is 0. The fourth-order valence-electron chi connectivity index (χ4n) is 4.26. The van der Waals surface area contributed by atoms with E-state index in [-0.39, 0.29) is 0 Å². The quantitative estimate of drug-likeness (QED) is 0.297. The molecule has 0 nitrogen and oxygen atoms in total. The normalized spacial score (nSPS) is 13.2. The van der Waals surface area contributed by atoms with Gasteiger partial charge in [0.1, 0.15) is 0 Å². The second-order valence-electron chi connectivity index (χ2n) is 7.72. The molecule has 32 heavy (non-hydrogen) atoms. The Morgan fingerprint density at radius 1 is 0.656 bits per heavy atom. The number of fused-ring (bicyclic) bond motifs is 1. The Morgan fingerprint density at radius 2 is 1.22 bits per heavy atom. The molecule has 0 N–H and O–H groups in total. The van der Waals surface area contributed by atoms with Crippen molar-refractivity contribution in [2.75, 3.05) is 0 Å². The van der Waals surface area contributed by atoms with Gasteiger partial charge in [0.25, 0.3) is 0 Å². The first-order valence-corrected chi connectivity index (χ1v) is 18.6. The molecule has 3 aromatic rings. The average Bonchev–Trinajstić information content (AvgIpc) is 3.17. The summed E-state index contributed by atoms with van der Waals surface area (Å²) < 4.78 is 11.1.